The molecule has 3 aliphatic rings. The molecule has 2 heterocycles. The summed E-state index contributed by atoms with van der Waals surface area (Å²) >= 11 is 6.03. The van der Waals surface area contributed by atoms with Crippen molar-refractivity contribution in [1.82, 2.24) is 15.5 Å². The molecule has 1 spiro atoms. The van der Waals surface area contributed by atoms with Gasteiger partial charge >= 0.3 is 6.09 Å². The number of benzene rings is 1. The first-order chi connectivity index (χ1) is 16.9. The molecule has 3 N–H and O–H groups in total. The topological polar surface area (TPSA) is 108 Å². The van der Waals surface area contributed by atoms with E-state index in [2.05, 4.69) is 10.6 Å². The highest BCUT2D eigenvalue weighted by molar-refractivity contribution is 6.30. The van der Waals surface area contributed by atoms with Crippen molar-refractivity contribution in [3.8, 4) is 0 Å². The highest BCUT2D eigenvalue weighted by Gasteiger charge is 2.52. The van der Waals surface area contributed by atoms with Gasteiger partial charge in [0.15, 0.2) is 0 Å². The van der Waals surface area contributed by atoms with Gasteiger partial charge in [0.25, 0.3) is 0 Å². The zero-order chi connectivity index (χ0) is 26.3. The molecule has 36 heavy (non-hydrogen) atoms. The summed E-state index contributed by atoms with van der Waals surface area (Å²) in [6.07, 6.45) is 2.72. The number of aliphatic hydroxyl groups is 1. The summed E-state index contributed by atoms with van der Waals surface area (Å²) in [4.78, 5) is 40.3. The molecule has 1 saturated carbocycles. The molecule has 4 rings (SSSR count). The SMILES string of the molecule is CC(NC(=O)C1CCCC12CCNC(=O)O2)C(C)C(=O)N1CCC(O)(c2ccc(Cl)cc2)C(C)(C)C1. The second kappa shape index (κ2) is 9.86. The van der Waals surface area contributed by atoms with Gasteiger partial charge in [0.1, 0.15) is 5.60 Å². The molecule has 1 aromatic rings. The summed E-state index contributed by atoms with van der Waals surface area (Å²) in [6, 6.07) is 6.84. The summed E-state index contributed by atoms with van der Waals surface area (Å²) in [5.74, 6) is -1.06. The second-order valence-corrected chi connectivity index (χ2v) is 11.9. The minimum Gasteiger partial charge on any atom is -0.442 e. The van der Waals surface area contributed by atoms with E-state index in [-0.39, 0.29) is 17.9 Å². The van der Waals surface area contributed by atoms with Gasteiger partial charge in [0.2, 0.25) is 11.8 Å². The molecule has 198 valence electrons. The Kier molecular flexibility index (Phi) is 7.32. The van der Waals surface area contributed by atoms with E-state index in [1.165, 1.54) is 0 Å². The van der Waals surface area contributed by atoms with E-state index >= 15 is 0 Å². The number of carbonyl (C=O) groups excluding carboxylic acids is 3. The number of halogens is 1. The van der Waals surface area contributed by atoms with Crippen LogP contribution in [-0.4, -0.2) is 59.2 Å². The van der Waals surface area contributed by atoms with Crippen molar-refractivity contribution >= 4 is 29.5 Å². The van der Waals surface area contributed by atoms with Crippen LogP contribution in [0.3, 0.4) is 0 Å². The number of nitrogens with one attached hydrogen (secondary N) is 2. The van der Waals surface area contributed by atoms with Gasteiger partial charge in [-0.1, -0.05) is 44.5 Å². The molecular weight excluding hydrogens is 482 g/mol. The van der Waals surface area contributed by atoms with E-state index < -0.39 is 34.5 Å². The van der Waals surface area contributed by atoms with E-state index in [1.54, 1.807) is 17.0 Å². The van der Waals surface area contributed by atoms with E-state index in [4.69, 9.17) is 16.3 Å². The van der Waals surface area contributed by atoms with Crippen molar-refractivity contribution in [2.45, 2.75) is 77.0 Å². The van der Waals surface area contributed by atoms with Crippen molar-refractivity contribution in [2.24, 2.45) is 17.3 Å². The standard InChI is InChI=1S/C27H38ClN3O5/c1-17(18(2)30-22(32)21-6-5-11-26(21)12-14-29-24(34)36-26)23(33)31-15-13-27(35,25(3,4)16-31)19-7-9-20(28)10-8-19/h7-10,17-18,21,35H,5-6,11-16H2,1-4H3,(H,29,34)(H,30,32). The number of piperidine rings is 1. The fourth-order valence-corrected chi connectivity index (χ4v) is 6.33. The van der Waals surface area contributed by atoms with Crippen LogP contribution in [0.2, 0.25) is 5.02 Å². The monoisotopic (exact) mass is 519 g/mol. The third-order valence-corrected chi connectivity index (χ3v) is 9.00. The van der Waals surface area contributed by atoms with Crippen LogP contribution in [0.15, 0.2) is 24.3 Å². The Morgan fingerprint density at radius 3 is 2.53 bits per heavy atom. The minimum atomic E-state index is -1.08. The molecule has 1 aromatic carbocycles. The lowest BCUT2D eigenvalue weighted by Crippen LogP contribution is -2.59. The normalized spacial score (nSPS) is 31.3. The number of hydrogen-bond acceptors (Lipinski definition) is 5. The van der Waals surface area contributed by atoms with Crippen LogP contribution in [0.1, 0.15) is 65.4 Å². The molecule has 0 bridgehead atoms. The highest BCUT2D eigenvalue weighted by Crippen LogP contribution is 2.46. The van der Waals surface area contributed by atoms with Crippen molar-refractivity contribution in [1.29, 1.82) is 0 Å². The van der Waals surface area contributed by atoms with Crippen LogP contribution < -0.4 is 10.6 Å². The first kappa shape index (κ1) is 26.7. The van der Waals surface area contributed by atoms with Crippen molar-refractivity contribution in [2.75, 3.05) is 19.6 Å². The molecule has 8 nitrogen and oxygen atoms in total. The van der Waals surface area contributed by atoms with E-state index in [1.807, 2.05) is 39.8 Å². The van der Waals surface area contributed by atoms with Gasteiger partial charge in [-0.15, -0.1) is 0 Å². The lowest BCUT2D eigenvalue weighted by atomic mass is 9.66. The molecule has 0 aromatic heterocycles. The van der Waals surface area contributed by atoms with Gasteiger partial charge in [0.05, 0.1) is 17.4 Å². The van der Waals surface area contributed by atoms with Crippen LogP contribution in [0.4, 0.5) is 4.79 Å². The van der Waals surface area contributed by atoms with Gasteiger partial charge in [-0.05, 0) is 50.3 Å². The zero-order valence-corrected chi connectivity index (χ0v) is 22.4. The Morgan fingerprint density at radius 1 is 1.19 bits per heavy atom. The van der Waals surface area contributed by atoms with Crippen molar-refractivity contribution in [3.63, 3.8) is 0 Å². The molecule has 5 unspecified atom stereocenters. The summed E-state index contributed by atoms with van der Waals surface area (Å²) in [5.41, 5.74) is -1.62. The lowest BCUT2D eigenvalue weighted by Gasteiger charge is -2.51. The summed E-state index contributed by atoms with van der Waals surface area (Å²) < 4.78 is 5.62. The van der Waals surface area contributed by atoms with Crippen molar-refractivity contribution < 1.29 is 24.2 Å². The first-order valence-electron chi connectivity index (χ1n) is 12.9. The molecule has 1 aliphatic carbocycles. The third kappa shape index (κ3) is 4.82. The highest BCUT2D eigenvalue weighted by atomic mass is 35.5. The van der Waals surface area contributed by atoms with E-state index in [0.717, 1.165) is 12.0 Å². The zero-order valence-electron chi connectivity index (χ0n) is 21.6. The Morgan fingerprint density at radius 2 is 1.89 bits per heavy atom. The summed E-state index contributed by atoms with van der Waals surface area (Å²) in [6.45, 7) is 8.92. The number of nitrogens with zero attached hydrogens (tertiary/aromatic N) is 1. The maximum absolute atomic E-state index is 13.5. The second-order valence-electron chi connectivity index (χ2n) is 11.4. The van der Waals surface area contributed by atoms with Gasteiger partial charge in [0, 0.05) is 42.5 Å². The molecule has 3 fully saturated rings. The molecule has 9 heteroatoms. The van der Waals surface area contributed by atoms with Crippen LogP contribution in [0, 0.1) is 17.3 Å². The number of amides is 3. The molecular formula is C27H38ClN3O5. The van der Waals surface area contributed by atoms with Crippen LogP contribution in [0.25, 0.3) is 0 Å². The molecule has 5 atom stereocenters. The number of likely N-dealkylation sites (tertiary alicyclic amines) is 1. The van der Waals surface area contributed by atoms with Crippen molar-refractivity contribution in [3.05, 3.63) is 34.9 Å². The number of carbonyl (C=O) groups is 3. The fourth-order valence-electron chi connectivity index (χ4n) is 6.20. The van der Waals surface area contributed by atoms with Crippen LogP contribution in [0.5, 0.6) is 0 Å². The van der Waals surface area contributed by atoms with Gasteiger partial charge in [-0.2, -0.15) is 0 Å². The number of rotatable bonds is 5. The predicted molar refractivity (Wildman–Crippen MR) is 136 cm³/mol. The summed E-state index contributed by atoms with van der Waals surface area (Å²) in [5, 5.41) is 17.9. The van der Waals surface area contributed by atoms with Crippen LogP contribution >= 0.6 is 11.6 Å². The van der Waals surface area contributed by atoms with Gasteiger partial charge in [-0.3, -0.25) is 9.59 Å². The molecule has 0 radical (unpaired) electrons. The predicted octanol–water partition coefficient (Wildman–Crippen LogP) is 3.60. The van der Waals surface area contributed by atoms with E-state index in [9.17, 15) is 19.5 Å². The Hall–Kier alpha value is -2.32. The fraction of sp³-hybridized carbons (Fsp3) is 0.667. The first-order valence-corrected chi connectivity index (χ1v) is 13.3. The lowest BCUT2D eigenvalue weighted by molar-refractivity contribution is -0.157. The Labute approximate surface area is 218 Å². The third-order valence-electron chi connectivity index (χ3n) is 8.75. The van der Waals surface area contributed by atoms with Crippen LogP contribution in [-0.2, 0) is 19.9 Å². The maximum Gasteiger partial charge on any atom is 0.407 e. The average Bonchev–Trinajstić information content (AvgIpc) is 3.22. The molecule has 2 aliphatic heterocycles. The average molecular weight is 520 g/mol. The molecule has 3 amide bonds. The number of ether oxygens (including phenoxy) is 1. The molecule has 2 saturated heterocycles. The van der Waals surface area contributed by atoms with Gasteiger partial charge < -0.3 is 25.4 Å². The summed E-state index contributed by atoms with van der Waals surface area (Å²) in [7, 11) is 0. The Bertz CT molecular complexity index is 1020. The quantitative estimate of drug-likeness (QED) is 0.551. The minimum absolute atomic E-state index is 0.0524. The Balaban J connectivity index is 1.39. The number of alkyl carbamates (subject to hydrolysis) is 1. The maximum atomic E-state index is 13.5. The van der Waals surface area contributed by atoms with Gasteiger partial charge in [-0.25, -0.2) is 4.79 Å². The largest absolute Gasteiger partial charge is 0.442 e. The smallest absolute Gasteiger partial charge is 0.407 e. The number of hydrogen-bond donors (Lipinski definition) is 3. The van der Waals surface area contributed by atoms with E-state index in [0.29, 0.717) is 50.3 Å².